The Morgan fingerprint density at radius 3 is 1.98 bits per heavy atom. The van der Waals surface area contributed by atoms with Gasteiger partial charge in [-0.25, -0.2) is 4.72 Å². The minimum atomic E-state index is -4.12. The zero-order valence-electron chi connectivity index (χ0n) is 36.0. The van der Waals surface area contributed by atoms with Crippen LogP contribution in [0.4, 0.5) is 0 Å². The third-order valence-electron chi connectivity index (χ3n) is 16.1. The van der Waals surface area contributed by atoms with Gasteiger partial charge in [-0.1, -0.05) is 66.4 Å². The van der Waals surface area contributed by atoms with Gasteiger partial charge in [-0.2, -0.15) is 12.7 Å². The number of nitrogens with zero attached hydrogens (tertiary/aromatic N) is 3. The van der Waals surface area contributed by atoms with Crippen molar-refractivity contribution < 1.29 is 37.2 Å². The third-order valence-corrected chi connectivity index (χ3v) is 17.6. The van der Waals surface area contributed by atoms with Crippen LogP contribution in [0, 0.1) is 33.5 Å². The zero-order valence-corrected chi connectivity index (χ0v) is 36.8. The Kier molecular flexibility index (Phi) is 11.4. The molecule has 4 saturated carbocycles. The summed E-state index contributed by atoms with van der Waals surface area (Å²) in [6.07, 6.45) is 12.1. The molecule has 0 bridgehead atoms. The molecule has 3 saturated heterocycles. The monoisotopic (exact) mass is 841 g/mol. The van der Waals surface area contributed by atoms with E-state index in [1.165, 1.54) is 11.2 Å². The number of amides is 6. The number of fused-ring (bicyclic) bond motifs is 1. The predicted molar refractivity (Wildman–Crippen MR) is 220 cm³/mol. The van der Waals surface area contributed by atoms with Crippen molar-refractivity contribution in [2.24, 2.45) is 33.5 Å². The molecule has 0 radical (unpaired) electrons. The van der Waals surface area contributed by atoms with Crippen LogP contribution in [-0.2, 0) is 39.0 Å². The van der Waals surface area contributed by atoms with Crippen LogP contribution in [0.1, 0.15) is 131 Å². The van der Waals surface area contributed by atoms with Gasteiger partial charge in [0.1, 0.15) is 29.7 Å². The molecule has 1 unspecified atom stereocenters. The SMILES string of the molecule is C=C[C@@H]1C[C@]1(NC(=O)[C@@H]1C[C@@]2(CN1C(=O)[C@@H](NC(=O)C(NC(=O)[C@@H]1CCCN1C(C)=O)C1CCCCC1)C(C)(C)C)C(C)(C)C21CCC1)C(=O)NS(=O)(=O)N1CCCC1. The molecule has 16 heteroatoms. The second-order valence-corrected chi connectivity index (χ2v) is 22.1. The highest BCUT2D eigenvalue weighted by molar-refractivity contribution is 7.87. The summed E-state index contributed by atoms with van der Waals surface area (Å²) in [7, 11) is -4.12. The van der Waals surface area contributed by atoms with E-state index in [4.69, 9.17) is 0 Å². The fourth-order valence-electron chi connectivity index (χ4n) is 12.2. The molecule has 0 aromatic rings. The minimum absolute atomic E-state index is 0.0412. The molecule has 6 amide bonds. The summed E-state index contributed by atoms with van der Waals surface area (Å²) in [6, 6.07) is -3.64. The summed E-state index contributed by atoms with van der Waals surface area (Å²) in [5.41, 5.74) is -2.92. The zero-order chi connectivity index (χ0) is 42.9. The van der Waals surface area contributed by atoms with Crippen molar-refractivity contribution in [1.82, 2.24) is 34.8 Å². The summed E-state index contributed by atoms with van der Waals surface area (Å²) in [5, 5.41) is 9.05. The Morgan fingerprint density at radius 2 is 1.44 bits per heavy atom. The van der Waals surface area contributed by atoms with Gasteiger partial charge in [0.15, 0.2) is 0 Å². The van der Waals surface area contributed by atoms with Gasteiger partial charge in [-0.05, 0) is 86.4 Å². The van der Waals surface area contributed by atoms with Crippen LogP contribution in [0.3, 0.4) is 0 Å². The Labute approximate surface area is 350 Å². The second kappa shape index (κ2) is 15.4. The smallest absolute Gasteiger partial charge is 0.303 e. The summed E-state index contributed by atoms with van der Waals surface area (Å²) < 4.78 is 29.8. The fraction of sp³-hybridized carbons (Fsp3) is 0.814. The van der Waals surface area contributed by atoms with Gasteiger partial charge >= 0.3 is 10.2 Å². The van der Waals surface area contributed by atoms with Crippen molar-refractivity contribution >= 4 is 45.7 Å². The molecule has 0 aromatic heterocycles. The van der Waals surface area contributed by atoms with E-state index < -0.39 is 74.9 Å². The first-order valence-electron chi connectivity index (χ1n) is 22.1. The Bertz CT molecular complexity index is 1860. The largest absolute Gasteiger partial charge is 0.342 e. The van der Waals surface area contributed by atoms with Crippen molar-refractivity contribution in [3.63, 3.8) is 0 Å². The molecule has 59 heavy (non-hydrogen) atoms. The number of likely N-dealkylation sites (tertiary alicyclic amines) is 2. The van der Waals surface area contributed by atoms with Crippen molar-refractivity contribution in [1.29, 1.82) is 0 Å². The molecule has 7 atom stereocenters. The van der Waals surface area contributed by atoms with Gasteiger partial charge in [0, 0.05) is 44.4 Å². The van der Waals surface area contributed by atoms with Crippen LogP contribution in [-0.4, -0.2) is 114 Å². The van der Waals surface area contributed by atoms with Crippen LogP contribution in [0.15, 0.2) is 12.7 Å². The highest BCUT2D eigenvalue weighted by Gasteiger charge is 2.85. The van der Waals surface area contributed by atoms with E-state index in [2.05, 4.69) is 41.1 Å². The van der Waals surface area contributed by atoms with Crippen LogP contribution in [0.2, 0.25) is 0 Å². The van der Waals surface area contributed by atoms with E-state index in [0.29, 0.717) is 58.3 Å². The van der Waals surface area contributed by atoms with E-state index >= 15 is 4.79 Å². The molecule has 328 valence electrons. The van der Waals surface area contributed by atoms with E-state index in [0.717, 1.165) is 51.4 Å². The summed E-state index contributed by atoms with van der Waals surface area (Å²) in [4.78, 5) is 87.7. The van der Waals surface area contributed by atoms with Gasteiger partial charge in [0.2, 0.25) is 29.5 Å². The second-order valence-electron chi connectivity index (χ2n) is 20.4. The quantitative estimate of drug-likeness (QED) is 0.216. The fourth-order valence-corrected chi connectivity index (χ4v) is 13.5. The molecule has 0 aromatic carbocycles. The van der Waals surface area contributed by atoms with Gasteiger partial charge < -0.3 is 25.8 Å². The van der Waals surface area contributed by atoms with Crippen molar-refractivity contribution in [3.05, 3.63) is 12.7 Å². The molecule has 7 rings (SSSR count). The lowest BCUT2D eigenvalue weighted by molar-refractivity contribution is -0.145. The van der Waals surface area contributed by atoms with E-state index in [1.54, 1.807) is 15.9 Å². The van der Waals surface area contributed by atoms with Crippen LogP contribution < -0.4 is 20.7 Å². The molecule has 7 fully saturated rings. The molecule has 4 aliphatic carbocycles. The highest BCUT2D eigenvalue weighted by Crippen LogP contribution is 2.88. The van der Waals surface area contributed by atoms with E-state index in [-0.39, 0.29) is 40.4 Å². The topological polar surface area (TPSA) is 194 Å². The first-order chi connectivity index (χ1) is 27.7. The summed E-state index contributed by atoms with van der Waals surface area (Å²) in [6.45, 7) is 16.7. The lowest BCUT2D eigenvalue weighted by Crippen LogP contribution is -2.63. The Balaban J connectivity index is 1.15. The Hall–Kier alpha value is -3.53. The van der Waals surface area contributed by atoms with Crippen LogP contribution in [0.5, 0.6) is 0 Å². The van der Waals surface area contributed by atoms with E-state index in [1.807, 2.05) is 20.8 Å². The molecular formula is C43H67N7O8S. The number of carbonyl (C=O) groups is 6. The molecular weight excluding hydrogens is 775 g/mol. The first-order valence-corrected chi connectivity index (χ1v) is 23.6. The molecule has 3 heterocycles. The number of rotatable bonds is 12. The van der Waals surface area contributed by atoms with Gasteiger partial charge in [0.25, 0.3) is 5.91 Å². The summed E-state index contributed by atoms with van der Waals surface area (Å²) >= 11 is 0. The molecule has 2 spiro atoms. The lowest BCUT2D eigenvalue weighted by Gasteiger charge is -2.38. The predicted octanol–water partition coefficient (Wildman–Crippen LogP) is 2.91. The van der Waals surface area contributed by atoms with Gasteiger partial charge in [-0.15, -0.1) is 6.58 Å². The molecule has 3 aliphatic heterocycles. The van der Waals surface area contributed by atoms with Crippen LogP contribution in [0.25, 0.3) is 0 Å². The first kappa shape index (κ1) is 43.6. The van der Waals surface area contributed by atoms with Crippen molar-refractivity contribution in [3.8, 4) is 0 Å². The number of hydrogen-bond donors (Lipinski definition) is 4. The number of carbonyl (C=O) groups excluding carboxylic acids is 6. The highest BCUT2D eigenvalue weighted by atomic mass is 32.2. The molecule has 15 nitrogen and oxygen atoms in total. The normalized spacial score (nSPS) is 32.2. The minimum Gasteiger partial charge on any atom is -0.342 e. The lowest BCUT2D eigenvalue weighted by atomic mass is 9.73. The average Bonchev–Trinajstić information content (AvgIpc) is 3.59. The van der Waals surface area contributed by atoms with Crippen molar-refractivity contribution in [2.45, 2.75) is 161 Å². The molecule has 4 N–H and O–H groups in total. The van der Waals surface area contributed by atoms with Gasteiger partial charge in [-0.3, -0.25) is 28.8 Å². The standard InChI is InChI=1S/C43H67N7O8S/c1-8-29-24-43(29,38(56)47-59(57,58)48-21-12-13-22-48)46-35(53)31-25-42(40(6,7)41(42)19-15-20-41)26-50(31)37(55)33(39(3,4)5)45-36(54)32(28-16-10-9-11-17-28)44-34(52)30-18-14-23-49(30)27(2)51/h8,28-33H,1,9-26H2,2-7H3,(H,44,52)(H,45,54)(H,46,53)(H,47,56)/t29-,30+,31+,32?,33-,42-,43-/m1/s1. The maximum absolute atomic E-state index is 15.2. The van der Waals surface area contributed by atoms with Gasteiger partial charge in [0.05, 0.1) is 0 Å². The summed E-state index contributed by atoms with van der Waals surface area (Å²) in [5.74, 6) is -3.46. The van der Waals surface area contributed by atoms with Crippen molar-refractivity contribution in [2.75, 3.05) is 26.2 Å². The Morgan fingerprint density at radius 1 is 0.780 bits per heavy atom. The maximum atomic E-state index is 15.2. The number of hydrogen-bond acceptors (Lipinski definition) is 8. The average molecular weight is 842 g/mol. The van der Waals surface area contributed by atoms with E-state index in [9.17, 15) is 32.4 Å². The third kappa shape index (κ3) is 7.29. The number of nitrogens with one attached hydrogen (secondary N) is 4. The maximum Gasteiger partial charge on any atom is 0.303 e. The molecule has 7 aliphatic rings. The van der Waals surface area contributed by atoms with Crippen LogP contribution >= 0.6 is 0 Å².